The summed E-state index contributed by atoms with van der Waals surface area (Å²) in [5, 5.41) is 0. The van der Waals surface area contributed by atoms with Crippen molar-refractivity contribution in [2.24, 2.45) is 4.99 Å². The van der Waals surface area contributed by atoms with Gasteiger partial charge in [-0.1, -0.05) is 18.2 Å². The second-order valence-corrected chi connectivity index (χ2v) is 10.8. The Hall–Kier alpha value is -4.09. The van der Waals surface area contributed by atoms with E-state index in [4.69, 9.17) is 14.2 Å². The number of rotatable bonds is 5. The topological polar surface area (TPSA) is 97.7 Å². The van der Waals surface area contributed by atoms with E-state index in [2.05, 4.69) is 4.99 Å². The van der Waals surface area contributed by atoms with Crippen LogP contribution in [0.15, 0.2) is 47.5 Å². The van der Waals surface area contributed by atoms with E-state index in [1.165, 1.54) is 24.1 Å². The zero-order valence-corrected chi connectivity index (χ0v) is 23.4. The number of halogens is 3. The SMILES string of the molecule is COc1ccc(C2Cc3c(cccc3C(F)(F)F)N(CC3=NCCN3C(=O)OC(C)(C)C)C(=O)[C@@H]2OC(C)=O)cc1. The Morgan fingerprint density at radius 1 is 1.07 bits per heavy atom. The Kier molecular flexibility index (Phi) is 8.32. The van der Waals surface area contributed by atoms with Gasteiger partial charge in [0.25, 0.3) is 5.91 Å². The highest BCUT2D eigenvalue weighted by Gasteiger charge is 2.45. The van der Waals surface area contributed by atoms with Crippen LogP contribution in [0.25, 0.3) is 0 Å². The lowest BCUT2D eigenvalue weighted by Gasteiger charge is -2.30. The summed E-state index contributed by atoms with van der Waals surface area (Å²) < 4.78 is 59.1. The van der Waals surface area contributed by atoms with Crippen LogP contribution in [0.2, 0.25) is 0 Å². The van der Waals surface area contributed by atoms with Crippen LogP contribution in [0.1, 0.15) is 50.3 Å². The molecule has 0 spiro atoms. The minimum Gasteiger partial charge on any atom is -0.497 e. The maximum atomic E-state index is 14.3. The zero-order valence-electron chi connectivity index (χ0n) is 23.4. The number of esters is 1. The van der Waals surface area contributed by atoms with E-state index in [1.807, 2.05) is 0 Å². The van der Waals surface area contributed by atoms with Crippen molar-refractivity contribution < 1.29 is 41.8 Å². The molecule has 0 saturated carbocycles. The van der Waals surface area contributed by atoms with Crippen LogP contribution in [0.4, 0.5) is 23.7 Å². The molecule has 0 N–H and O–H groups in total. The van der Waals surface area contributed by atoms with Crippen molar-refractivity contribution in [2.45, 2.75) is 57.9 Å². The minimum atomic E-state index is -4.72. The van der Waals surface area contributed by atoms with Crippen molar-refractivity contribution in [3.63, 3.8) is 0 Å². The first-order valence-corrected chi connectivity index (χ1v) is 13.0. The summed E-state index contributed by atoms with van der Waals surface area (Å²) in [5.74, 6) is -1.79. The van der Waals surface area contributed by atoms with Gasteiger partial charge in [0.05, 0.1) is 32.3 Å². The summed E-state index contributed by atoms with van der Waals surface area (Å²) in [6, 6.07) is 10.1. The normalized spacial score (nSPS) is 19.3. The molecule has 220 valence electrons. The second-order valence-electron chi connectivity index (χ2n) is 10.8. The Bertz CT molecular complexity index is 1350. The van der Waals surface area contributed by atoms with Gasteiger partial charge in [0, 0.05) is 18.5 Å². The van der Waals surface area contributed by atoms with Crippen LogP contribution in [0, 0.1) is 0 Å². The highest BCUT2D eigenvalue weighted by molar-refractivity contribution is 6.07. The standard InChI is InChI=1S/C29H32F3N3O6/c1-17(36)40-25-20(18-9-11-19(39-5)12-10-18)15-21-22(29(30,31)32)7-6-8-23(21)35(26(25)37)16-24-33-13-14-34(24)27(38)41-28(2,3)4/h6-12,20,25H,13-16H2,1-5H3/t20?,25-/m1/s1. The molecule has 2 aromatic carbocycles. The average Bonchev–Trinajstić information content (AvgIpc) is 3.32. The maximum absolute atomic E-state index is 14.3. The Labute approximate surface area is 235 Å². The smallest absolute Gasteiger partial charge is 0.416 e. The van der Waals surface area contributed by atoms with E-state index >= 15 is 0 Å². The molecule has 0 bridgehead atoms. The molecule has 12 heteroatoms. The molecule has 2 aliphatic heterocycles. The minimum absolute atomic E-state index is 0.00303. The third-order valence-electron chi connectivity index (χ3n) is 6.73. The number of alkyl halides is 3. The molecular weight excluding hydrogens is 543 g/mol. The van der Waals surface area contributed by atoms with Gasteiger partial charge in [0.15, 0.2) is 6.10 Å². The van der Waals surface area contributed by atoms with E-state index < -0.39 is 47.3 Å². The molecule has 41 heavy (non-hydrogen) atoms. The fraction of sp³-hybridized carbons (Fsp3) is 0.448. The van der Waals surface area contributed by atoms with Crippen LogP contribution >= 0.6 is 0 Å². The fourth-order valence-corrected chi connectivity index (χ4v) is 4.98. The van der Waals surface area contributed by atoms with Crippen LogP contribution in [0.3, 0.4) is 0 Å². The monoisotopic (exact) mass is 575 g/mol. The summed E-state index contributed by atoms with van der Waals surface area (Å²) >= 11 is 0. The van der Waals surface area contributed by atoms with Crippen molar-refractivity contribution in [1.82, 2.24) is 4.90 Å². The largest absolute Gasteiger partial charge is 0.497 e. The molecule has 0 aliphatic carbocycles. The number of methoxy groups -OCH3 is 1. The molecule has 2 aliphatic rings. The molecule has 4 rings (SSSR count). The van der Waals surface area contributed by atoms with Gasteiger partial charge < -0.3 is 19.1 Å². The number of amidine groups is 1. The number of aliphatic imine (C=N–C) groups is 1. The second kappa shape index (κ2) is 11.4. The van der Waals surface area contributed by atoms with Gasteiger partial charge in [-0.3, -0.25) is 19.5 Å². The van der Waals surface area contributed by atoms with E-state index in [9.17, 15) is 27.6 Å². The molecular formula is C29H32F3N3O6. The number of ether oxygens (including phenoxy) is 3. The number of carbonyl (C=O) groups excluding carboxylic acids is 3. The summed E-state index contributed by atoms with van der Waals surface area (Å²) in [4.78, 5) is 46.0. The Morgan fingerprint density at radius 2 is 1.76 bits per heavy atom. The van der Waals surface area contributed by atoms with Crippen molar-refractivity contribution >= 4 is 29.5 Å². The lowest BCUT2D eigenvalue weighted by molar-refractivity contribution is -0.154. The summed E-state index contributed by atoms with van der Waals surface area (Å²) in [6.45, 7) is 6.32. The highest BCUT2D eigenvalue weighted by atomic mass is 19.4. The number of fused-ring (bicyclic) bond motifs is 1. The number of nitrogens with zero attached hydrogens (tertiary/aromatic N) is 3. The van der Waals surface area contributed by atoms with Crippen molar-refractivity contribution in [2.75, 3.05) is 31.6 Å². The lowest BCUT2D eigenvalue weighted by Crippen LogP contribution is -2.49. The Balaban J connectivity index is 1.83. The summed E-state index contributed by atoms with van der Waals surface area (Å²) in [6.07, 6.45) is -7.11. The van der Waals surface area contributed by atoms with Crippen LogP contribution in [0.5, 0.6) is 5.75 Å². The molecule has 0 radical (unpaired) electrons. The molecule has 0 aromatic heterocycles. The van der Waals surface area contributed by atoms with E-state index in [-0.39, 0.29) is 43.1 Å². The van der Waals surface area contributed by atoms with Crippen molar-refractivity contribution in [3.05, 3.63) is 59.2 Å². The lowest BCUT2D eigenvalue weighted by atomic mass is 9.86. The molecule has 2 atom stereocenters. The quantitative estimate of drug-likeness (QED) is 0.467. The number of benzene rings is 2. The summed E-state index contributed by atoms with van der Waals surface area (Å²) in [5.41, 5.74) is -1.36. The first kappa shape index (κ1) is 29.9. The molecule has 0 saturated heterocycles. The van der Waals surface area contributed by atoms with Gasteiger partial charge in [-0.2, -0.15) is 13.2 Å². The van der Waals surface area contributed by atoms with E-state index in [0.717, 1.165) is 17.9 Å². The van der Waals surface area contributed by atoms with Crippen LogP contribution < -0.4 is 9.64 Å². The molecule has 9 nitrogen and oxygen atoms in total. The Morgan fingerprint density at radius 3 is 2.34 bits per heavy atom. The third kappa shape index (κ3) is 6.63. The predicted octanol–water partition coefficient (Wildman–Crippen LogP) is 4.97. The van der Waals surface area contributed by atoms with Gasteiger partial charge in [-0.05, 0) is 62.6 Å². The van der Waals surface area contributed by atoms with Gasteiger partial charge >= 0.3 is 18.2 Å². The summed E-state index contributed by atoms with van der Waals surface area (Å²) in [7, 11) is 1.47. The number of amides is 2. The fourth-order valence-electron chi connectivity index (χ4n) is 4.98. The average molecular weight is 576 g/mol. The van der Waals surface area contributed by atoms with E-state index in [0.29, 0.717) is 11.3 Å². The van der Waals surface area contributed by atoms with Gasteiger partial charge in [-0.25, -0.2) is 4.79 Å². The first-order chi connectivity index (χ1) is 19.2. The van der Waals surface area contributed by atoms with Gasteiger partial charge in [-0.15, -0.1) is 0 Å². The number of hydrogen-bond donors (Lipinski definition) is 0. The van der Waals surface area contributed by atoms with Gasteiger partial charge in [0.2, 0.25) is 0 Å². The number of carbonyl (C=O) groups is 3. The third-order valence-corrected chi connectivity index (χ3v) is 6.73. The molecule has 2 aromatic rings. The molecule has 2 heterocycles. The molecule has 2 amide bonds. The van der Waals surface area contributed by atoms with Crippen molar-refractivity contribution in [3.8, 4) is 5.75 Å². The first-order valence-electron chi connectivity index (χ1n) is 13.0. The number of hydrogen-bond acceptors (Lipinski definition) is 7. The number of anilines is 1. The maximum Gasteiger partial charge on any atom is 0.416 e. The van der Waals surface area contributed by atoms with Crippen LogP contribution in [-0.4, -0.2) is 67.2 Å². The molecule has 1 unspecified atom stereocenters. The van der Waals surface area contributed by atoms with Crippen molar-refractivity contribution in [1.29, 1.82) is 0 Å². The highest BCUT2D eigenvalue weighted by Crippen LogP contribution is 2.43. The van der Waals surface area contributed by atoms with Gasteiger partial charge in [0.1, 0.15) is 17.2 Å². The zero-order chi connectivity index (χ0) is 30.1. The van der Waals surface area contributed by atoms with E-state index in [1.54, 1.807) is 45.0 Å². The predicted molar refractivity (Wildman–Crippen MR) is 144 cm³/mol. The molecule has 0 fully saturated rings. The van der Waals surface area contributed by atoms with Crippen LogP contribution in [-0.2, 0) is 31.7 Å².